The van der Waals surface area contributed by atoms with E-state index in [0.717, 1.165) is 111 Å². The van der Waals surface area contributed by atoms with Crippen molar-refractivity contribution in [3.8, 4) is 11.5 Å². The van der Waals surface area contributed by atoms with E-state index in [0.29, 0.717) is 28.7 Å². The van der Waals surface area contributed by atoms with E-state index in [1.54, 1.807) is 0 Å². The van der Waals surface area contributed by atoms with Gasteiger partial charge >= 0.3 is 5.97 Å². The van der Waals surface area contributed by atoms with Gasteiger partial charge in [0.05, 0.1) is 12.2 Å². The standard InChI is InChI=1S/C52H67F4N2O3.HI/c1-10-11-12-13-14-15-16-17-18-19-28-60-48(59)37-36(40(53)42(55)43(56)41(37)54)35-31-29-33-44-38(51(6,7)22-26-57(44)24-20-49(33,2)3)46(31)61-47-32(35)30-34-45-39(47)52(8,9)23-27-58(45)25-21-50(34,4)5;/h29-30H,10-28H2,1-9H3;1H/q+1;/p-1. The van der Waals surface area contributed by atoms with E-state index in [2.05, 4.69) is 71.8 Å². The van der Waals surface area contributed by atoms with Gasteiger partial charge in [0.1, 0.15) is 30.2 Å². The zero-order valence-electron chi connectivity index (χ0n) is 38.6. The Morgan fingerprint density at radius 2 is 1.23 bits per heavy atom. The van der Waals surface area contributed by atoms with Gasteiger partial charge < -0.3 is 38.4 Å². The minimum Gasteiger partial charge on any atom is -1.00 e. The molecule has 5 aliphatic heterocycles. The molecule has 0 aromatic heterocycles. The molecule has 0 fully saturated rings. The van der Waals surface area contributed by atoms with E-state index in [4.69, 9.17) is 9.47 Å². The minimum absolute atomic E-state index is 0. The third-order valence-corrected chi connectivity index (χ3v) is 15.2. The number of hydrogen-bond donors (Lipinski definition) is 0. The van der Waals surface area contributed by atoms with Gasteiger partial charge in [-0.05, 0) is 47.8 Å². The molecule has 0 atom stereocenters. The van der Waals surface area contributed by atoms with Gasteiger partial charge in [-0.2, -0.15) is 0 Å². The van der Waals surface area contributed by atoms with E-state index in [1.807, 2.05) is 12.1 Å². The van der Waals surface area contributed by atoms with Crippen LogP contribution in [-0.2, 0) is 26.4 Å². The van der Waals surface area contributed by atoms with Crippen molar-refractivity contribution in [1.82, 2.24) is 4.58 Å². The number of halogens is 5. The molecule has 0 radical (unpaired) electrons. The summed E-state index contributed by atoms with van der Waals surface area (Å²) in [7, 11) is 0. The number of anilines is 1. The molecule has 8 rings (SSSR count). The van der Waals surface area contributed by atoms with Crippen LogP contribution in [0.1, 0.15) is 196 Å². The lowest BCUT2D eigenvalue weighted by Gasteiger charge is -2.49. The van der Waals surface area contributed by atoms with E-state index < -0.39 is 51.2 Å². The third-order valence-electron chi connectivity index (χ3n) is 15.2. The van der Waals surface area contributed by atoms with Crippen LogP contribution in [0.25, 0.3) is 5.57 Å². The van der Waals surface area contributed by atoms with Crippen molar-refractivity contribution in [2.45, 2.75) is 174 Å². The van der Waals surface area contributed by atoms with Crippen LogP contribution in [-0.4, -0.2) is 38.8 Å². The molecule has 0 saturated heterocycles. The molecule has 5 aliphatic rings. The first-order valence-electron chi connectivity index (χ1n) is 23.3. The van der Waals surface area contributed by atoms with Crippen molar-refractivity contribution in [2.75, 3.05) is 37.7 Å². The maximum absolute atomic E-state index is 17.2. The Morgan fingerprint density at radius 1 is 0.677 bits per heavy atom. The molecule has 0 unspecified atom stereocenters. The van der Waals surface area contributed by atoms with Crippen molar-refractivity contribution in [3.05, 3.63) is 84.9 Å². The second kappa shape index (κ2) is 17.3. The number of benzene rings is 3. The van der Waals surface area contributed by atoms with Crippen molar-refractivity contribution in [2.24, 2.45) is 0 Å². The molecular weight excluding hydrogens is 903 g/mol. The Morgan fingerprint density at radius 3 is 1.87 bits per heavy atom. The van der Waals surface area contributed by atoms with Crippen LogP contribution in [0.5, 0.6) is 11.5 Å². The van der Waals surface area contributed by atoms with E-state index in [1.165, 1.54) is 32.1 Å². The minimum atomic E-state index is -2.03. The number of esters is 1. The number of hydrogen-bond acceptors (Lipinski definition) is 4. The van der Waals surface area contributed by atoms with Crippen molar-refractivity contribution in [3.63, 3.8) is 0 Å². The summed E-state index contributed by atoms with van der Waals surface area (Å²) < 4.78 is 80.9. The molecule has 5 heterocycles. The van der Waals surface area contributed by atoms with Crippen LogP contribution in [0.15, 0.2) is 12.1 Å². The molecule has 0 amide bonds. The zero-order valence-corrected chi connectivity index (χ0v) is 40.8. The summed E-state index contributed by atoms with van der Waals surface area (Å²) in [6, 6.07) is 4.01. The molecule has 0 aliphatic carbocycles. The number of nitrogens with zero attached hydrogens (tertiary/aromatic N) is 2. The van der Waals surface area contributed by atoms with Crippen molar-refractivity contribution < 1.29 is 55.8 Å². The van der Waals surface area contributed by atoms with Gasteiger partial charge in [0.2, 0.25) is 5.36 Å². The SMILES string of the molecule is CCCCCCCCCCCCOC(=O)c1c(F)c(F)c(F)c(F)c1C1=c2cc3c4c(c2Oc2c1cc1c5c2C(C)(C)CCN5CCC1(C)C)C(C)(C)CC[N+]=4CCC3(C)C.[I-]. The van der Waals surface area contributed by atoms with Crippen molar-refractivity contribution in [1.29, 1.82) is 0 Å². The lowest BCUT2D eigenvalue weighted by atomic mass is 9.67. The average molecular weight is 971 g/mol. The molecule has 338 valence electrons. The Balaban J connectivity index is 0.00000578. The molecular formula is C52H67F4IN2O3. The summed E-state index contributed by atoms with van der Waals surface area (Å²) in [6.45, 7) is 23.2. The highest BCUT2D eigenvalue weighted by atomic mass is 127. The van der Waals surface area contributed by atoms with Crippen LogP contribution >= 0.6 is 0 Å². The third kappa shape index (κ3) is 7.90. The number of rotatable bonds is 13. The topological polar surface area (TPSA) is 41.8 Å². The smallest absolute Gasteiger partial charge is 0.341 e. The van der Waals surface area contributed by atoms with Crippen LogP contribution in [0.4, 0.5) is 23.2 Å². The highest BCUT2D eigenvalue weighted by molar-refractivity contribution is 6.01. The summed E-state index contributed by atoms with van der Waals surface area (Å²) in [5.74, 6) is -7.56. The maximum atomic E-state index is 17.2. The first-order valence-corrected chi connectivity index (χ1v) is 23.3. The summed E-state index contributed by atoms with van der Waals surface area (Å²) in [6.07, 6.45) is 14.1. The predicted molar refractivity (Wildman–Crippen MR) is 236 cm³/mol. The lowest BCUT2D eigenvalue weighted by molar-refractivity contribution is -0.0000351. The van der Waals surface area contributed by atoms with Crippen LogP contribution in [0, 0.1) is 23.3 Å². The molecule has 3 aromatic rings. The zero-order chi connectivity index (χ0) is 43.8. The average Bonchev–Trinajstić information content (AvgIpc) is 3.20. The molecule has 3 aromatic carbocycles. The van der Waals surface area contributed by atoms with Crippen LogP contribution in [0.3, 0.4) is 0 Å². The predicted octanol–water partition coefficient (Wildman–Crippen LogP) is 8.70. The number of carbonyl (C=O) groups excluding carboxylic acids is 1. The molecule has 62 heavy (non-hydrogen) atoms. The fourth-order valence-corrected chi connectivity index (χ4v) is 11.1. The second-order valence-electron chi connectivity index (χ2n) is 21.4. The monoisotopic (exact) mass is 970 g/mol. The maximum Gasteiger partial charge on any atom is 0.341 e. The second-order valence-corrected chi connectivity index (χ2v) is 21.4. The molecule has 0 spiro atoms. The number of fused-ring (bicyclic) bond motifs is 4. The largest absolute Gasteiger partial charge is 1.00 e. The number of unbranched alkanes of at least 4 members (excludes halogenated alkanes) is 9. The van der Waals surface area contributed by atoms with Gasteiger partial charge in [0, 0.05) is 75.5 Å². The van der Waals surface area contributed by atoms with Crippen LogP contribution < -0.4 is 48.8 Å². The summed E-state index contributed by atoms with van der Waals surface area (Å²) >= 11 is 0. The van der Waals surface area contributed by atoms with E-state index in [-0.39, 0.29) is 47.0 Å². The van der Waals surface area contributed by atoms with Gasteiger partial charge in [-0.1, -0.05) is 120 Å². The lowest BCUT2D eigenvalue weighted by Crippen LogP contribution is -3.00. The first-order chi connectivity index (χ1) is 28.8. The molecule has 0 saturated carbocycles. The summed E-state index contributed by atoms with van der Waals surface area (Å²) in [5, 5.41) is 1.54. The van der Waals surface area contributed by atoms with Gasteiger partial charge in [-0.25, -0.2) is 26.9 Å². The van der Waals surface area contributed by atoms with Crippen LogP contribution in [0.2, 0.25) is 0 Å². The number of carbonyl (C=O) groups is 1. The Kier molecular flexibility index (Phi) is 13.1. The van der Waals surface area contributed by atoms with Gasteiger partial charge in [-0.3, -0.25) is 0 Å². The fraction of sp³-hybridized carbons (Fsp3) is 0.615. The Bertz CT molecular complexity index is 2410. The van der Waals surface area contributed by atoms with Gasteiger partial charge in [0.15, 0.2) is 23.3 Å². The van der Waals surface area contributed by atoms with E-state index >= 15 is 17.6 Å². The molecule has 0 bridgehead atoms. The van der Waals surface area contributed by atoms with Crippen molar-refractivity contribution >= 4 is 17.2 Å². The van der Waals surface area contributed by atoms with E-state index in [9.17, 15) is 4.79 Å². The van der Waals surface area contributed by atoms with Gasteiger partial charge in [-0.15, -0.1) is 0 Å². The summed E-state index contributed by atoms with van der Waals surface area (Å²) in [5.41, 5.74) is 2.72. The number of ether oxygens (including phenoxy) is 2. The molecule has 10 heteroatoms. The normalized spacial score (nSPS) is 19.4. The Hall–Kier alpha value is -3.15. The fourth-order valence-electron chi connectivity index (χ4n) is 11.1. The highest BCUT2D eigenvalue weighted by Crippen LogP contribution is 2.57. The van der Waals surface area contributed by atoms with Gasteiger partial charge in [0.25, 0.3) is 0 Å². The molecule has 0 N–H and O–H groups in total. The Labute approximate surface area is 383 Å². The molecule has 5 nitrogen and oxygen atoms in total. The first kappa shape index (κ1) is 46.8. The summed E-state index contributed by atoms with van der Waals surface area (Å²) in [4.78, 5) is 16.7. The highest BCUT2D eigenvalue weighted by Gasteiger charge is 2.48. The quantitative estimate of drug-likeness (QED) is 0.0256.